The molecule has 2 N–H and O–H groups in total. The van der Waals surface area contributed by atoms with Gasteiger partial charge in [0.25, 0.3) is 5.91 Å². The first-order valence-corrected chi connectivity index (χ1v) is 6.65. The second-order valence-corrected chi connectivity index (χ2v) is 4.63. The summed E-state index contributed by atoms with van der Waals surface area (Å²) in [6, 6.07) is 0.344. The van der Waals surface area contributed by atoms with Gasteiger partial charge >= 0.3 is 0 Å². The molecule has 19 heavy (non-hydrogen) atoms. The van der Waals surface area contributed by atoms with Crippen LogP contribution in [0.2, 0.25) is 0 Å². The predicted octanol–water partition coefficient (Wildman–Crippen LogP) is 0.346. The Labute approximate surface area is 112 Å². The van der Waals surface area contributed by atoms with Crippen LogP contribution in [0.15, 0.2) is 6.20 Å². The summed E-state index contributed by atoms with van der Waals surface area (Å²) in [7, 11) is 0. The van der Waals surface area contributed by atoms with Gasteiger partial charge in [-0.1, -0.05) is 5.21 Å². The molecule has 1 aliphatic heterocycles. The maximum atomic E-state index is 11.8. The van der Waals surface area contributed by atoms with E-state index in [0.717, 1.165) is 32.4 Å². The molecule has 2 rings (SSSR count). The van der Waals surface area contributed by atoms with Crippen molar-refractivity contribution in [1.82, 2.24) is 25.6 Å². The van der Waals surface area contributed by atoms with E-state index < -0.39 is 0 Å². The Morgan fingerprint density at radius 1 is 1.58 bits per heavy atom. The fraction of sp³-hybridized carbons (Fsp3) is 0.615. The van der Waals surface area contributed by atoms with Gasteiger partial charge in [-0.25, -0.2) is 4.68 Å². The van der Waals surface area contributed by atoms with Crippen molar-refractivity contribution in [2.24, 2.45) is 0 Å². The van der Waals surface area contributed by atoms with Gasteiger partial charge < -0.3 is 10.6 Å². The Balaban J connectivity index is 1.85. The summed E-state index contributed by atoms with van der Waals surface area (Å²) in [5.74, 6) is 2.36. The zero-order valence-corrected chi connectivity index (χ0v) is 10.9. The molecule has 1 fully saturated rings. The molecule has 0 atom stereocenters. The smallest absolute Gasteiger partial charge is 0.273 e. The van der Waals surface area contributed by atoms with Crippen molar-refractivity contribution in [1.29, 1.82) is 0 Å². The molecule has 0 aliphatic carbocycles. The first-order chi connectivity index (χ1) is 9.31. The van der Waals surface area contributed by atoms with Crippen LogP contribution in [0, 0.1) is 12.3 Å². The molecule has 6 nitrogen and oxygen atoms in total. The third-order valence-electron chi connectivity index (χ3n) is 3.21. The number of aromatic nitrogens is 3. The number of terminal acetylenes is 1. The topological polar surface area (TPSA) is 71.8 Å². The summed E-state index contributed by atoms with van der Waals surface area (Å²) in [5.41, 5.74) is 0.374. The van der Waals surface area contributed by atoms with Gasteiger partial charge in [0.15, 0.2) is 5.69 Å². The van der Waals surface area contributed by atoms with Crippen LogP contribution in [0.3, 0.4) is 0 Å². The third kappa shape index (κ3) is 3.80. The first-order valence-electron chi connectivity index (χ1n) is 6.65. The van der Waals surface area contributed by atoms with E-state index in [2.05, 4.69) is 26.9 Å². The number of amides is 1. The number of carbonyl (C=O) groups is 1. The minimum Gasteiger partial charge on any atom is -0.351 e. The lowest BCUT2D eigenvalue weighted by Gasteiger charge is -2.22. The maximum Gasteiger partial charge on any atom is 0.273 e. The van der Waals surface area contributed by atoms with Crippen molar-refractivity contribution in [3.63, 3.8) is 0 Å². The van der Waals surface area contributed by atoms with Gasteiger partial charge in [0.1, 0.15) is 0 Å². The Hall–Kier alpha value is -1.87. The Morgan fingerprint density at radius 2 is 2.37 bits per heavy atom. The SMILES string of the molecule is C#CCCCNC(=O)c1cn(C2CCNCC2)nn1. The van der Waals surface area contributed by atoms with E-state index in [1.165, 1.54) is 0 Å². The van der Waals surface area contributed by atoms with Gasteiger partial charge in [-0.3, -0.25) is 4.79 Å². The molecule has 6 heteroatoms. The van der Waals surface area contributed by atoms with E-state index in [1.807, 2.05) is 0 Å². The van der Waals surface area contributed by atoms with E-state index in [4.69, 9.17) is 6.42 Å². The largest absolute Gasteiger partial charge is 0.351 e. The molecule has 2 heterocycles. The zero-order chi connectivity index (χ0) is 13.5. The zero-order valence-electron chi connectivity index (χ0n) is 10.9. The Bertz CT molecular complexity index is 456. The van der Waals surface area contributed by atoms with Crippen LogP contribution < -0.4 is 10.6 Å². The molecule has 0 spiro atoms. The average molecular weight is 261 g/mol. The standard InChI is InChI=1S/C13H19N5O/c1-2-3-4-7-15-13(19)12-10-18(17-16-12)11-5-8-14-9-6-11/h1,10-11,14H,3-9H2,(H,15,19). The highest BCUT2D eigenvalue weighted by Gasteiger charge is 2.18. The van der Waals surface area contributed by atoms with E-state index in [0.29, 0.717) is 24.7 Å². The van der Waals surface area contributed by atoms with Crippen LogP contribution in [0.1, 0.15) is 42.2 Å². The van der Waals surface area contributed by atoms with Gasteiger partial charge in [-0.15, -0.1) is 17.4 Å². The molecule has 1 aromatic rings. The number of rotatable bonds is 5. The van der Waals surface area contributed by atoms with Crippen LogP contribution in [0.5, 0.6) is 0 Å². The summed E-state index contributed by atoms with van der Waals surface area (Å²) in [6.45, 7) is 2.54. The normalized spacial score (nSPS) is 15.9. The minimum atomic E-state index is -0.183. The molecule has 0 unspecified atom stereocenters. The molecule has 1 amide bonds. The third-order valence-corrected chi connectivity index (χ3v) is 3.21. The van der Waals surface area contributed by atoms with E-state index in [-0.39, 0.29) is 5.91 Å². The quantitative estimate of drug-likeness (QED) is 0.592. The minimum absolute atomic E-state index is 0.183. The highest BCUT2D eigenvalue weighted by molar-refractivity contribution is 5.91. The average Bonchev–Trinajstić information content (AvgIpc) is 2.94. The number of carbonyl (C=O) groups excluding carboxylic acids is 1. The molecule has 1 saturated heterocycles. The number of nitrogens with one attached hydrogen (secondary N) is 2. The van der Waals surface area contributed by atoms with E-state index in [9.17, 15) is 4.79 Å². The molecular formula is C13H19N5O. The van der Waals surface area contributed by atoms with Crippen molar-refractivity contribution in [3.05, 3.63) is 11.9 Å². The van der Waals surface area contributed by atoms with Crippen LogP contribution in [0.4, 0.5) is 0 Å². The van der Waals surface area contributed by atoms with Crippen molar-refractivity contribution < 1.29 is 4.79 Å². The molecule has 102 valence electrons. The van der Waals surface area contributed by atoms with E-state index in [1.54, 1.807) is 10.9 Å². The molecular weight excluding hydrogens is 242 g/mol. The first kappa shape index (κ1) is 13.6. The number of hydrogen-bond donors (Lipinski definition) is 2. The summed E-state index contributed by atoms with van der Waals surface area (Å²) in [5, 5.41) is 14.1. The van der Waals surface area contributed by atoms with Crippen molar-refractivity contribution in [2.75, 3.05) is 19.6 Å². The Kier molecular flexibility index (Phi) is 4.93. The van der Waals surface area contributed by atoms with Crippen LogP contribution in [-0.2, 0) is 0 Å². The number of nitrogens with zero attached hydrogens (tertiary/aromatic N) is 3. The lowest BCUT2D eigenvalue weighted by molar-refractivity contribution is 0.0948. The highest BCUT2D eigenvalue weighted by Crippen LogP contribution is 2.16. The molecule has 0 saturated carbocycles. The fourth-order valence-corrected chi connectivity index (χ4v) is 2.11. The number of hydrogen-bond acceptors (Lipinski definition) is 4. The highest BCUT2D eigenvalue weighted by atomic mass is 16.2. The van der Waals surface area contributed by atoms with Crippen LogP contribution >= 0.6 is 0 Å². The summed E-state index contributed by atoms with van der Waals surface area (Å²) >= 11 is 0. The van der Waals surface area contributed by atoms with Gasteiger partial charge in [-0.05, 0) is 32.4 Å². The lowest BCUT2D eigenvalue weighted by atomic mass is 10.1. The van der Waals surface area contributed by atoms with Gasteiger partial charge in [0, 0.05) is 13.0 Å². The predicted molar refractivity (Wildman–Crippen MR) is 71.6 cm³/mol. The molecule has 0 bridgehead atoms. The van der Waals surface area contributed by atoms with Gasteiger partial charge in [0.2, 0.25) is 0 Å². The lowest BCUT2D eigenvalue weighted by Crippen LogP contribution is -2.29. The summed E-state index contributed by atoms with van der Waals surface area (Å²) < 4.78 is 1.80. The second kappa shape index (κ2) is 6.90. The Morgan fingerprint density at radius 3 is 3.11 bits per heavy atom. The molecule has 0 radical (unpaired) electrons. The van der Waals surface area contributed by atoms with Crippen molar-refractivity contribution in [3.8, 4) is 12.3 Å². The van der Waals surface area contributed by atoms with Crippen molar-refractivity contribution in [2.45, 2.75) is 31.7 Å². The maximum absolute atomic E-state index is 11.8. The fourth-order valence-electron chi connectivity index (χ4n) is 2.11. The van der Waals surface area contributed by atoms with E-state index >= 15 is 0 Å². The monoisotopic (exact) mass is 261 g/mol. The molecule has 0 aromatic carbocycles. The summed E-state index contributed by atoms with van der Waals surface area (Å²) in [6.07, 6.45) is 10.4. The van der Waals surface area contributed by atoms with Crippen LogP contribution in [-0.4, -0.2) is 40.5 Å². The van der Waals surface area contributed by atoms with Crippen molar-refractivity contribution >= 4 is 5.91 Å². The van der Waals surface area contributed by atoms with Gasteiger partial charge in [0.05, 0.1) is 12.2 Å². The van der Waals surface area contributed by atoms with Crippen LogP contribution in [0.25, 0.3) is 0 Å². The summed E-state index contributed by atoms with van der Waals surface area (Å²) in [4.78, 5) is 11.8. The van der Waals surface area contributed by atoms with Gasteiger partial charge in [-0.2, -0.15) is 0 Å². The molecule has 1 aromatic heterocycles. The second-order valence-electron chi connectivity index (χ2n) is 4.63. The molecule has 1 aliphatic rings. The number of unbranched alkanes of at least 4 members (excludes halogenated alkanes) is 1. The number of piperidine rings is 1.